The van der Waals surface area contributed by atoms with Gasteiger partial charge in [0.2, 0.25) is 0 Å². The molecule has 2 atom stereocenters. The lowest BCUT2D eigenvalue weighted by Gasteiger charge is -2.22. The fourth-order valence-electron chi connectivity index (χ4n) is 2.52. The van der Waals surface area contributed by atoms with Crippen LogP contribution in [0, 0.1) is 5.92 Å². The number of amides is 1. The van der Waals surface area contributed by atoms with Gasteiger partial charge in [-0.25, -0.2) is 4.79 Å². The fourth-order valence-corrected chi connectivity index (χ4v) is 2.52. The zero-order valence-corrected chi connectivity index (χ0v) is 12.5. The van der Waals surface area contributed by atoms with Crippen molar-refractivity contribution in [3.63, 3.8) is 0 Å². The summed E-state index contributed by atoms with van der Waals surface area (Å²) in [5.41, 5.74) is 1.05. The Balaban J connectivity index is 1.88. The van der Waals surface area contributed by atoms with Crippen molar-refractivity contribution in [1.82, 2.24) is 10.6 Å². The predicted molar refractivity (Wildman–Crippen MR) is 79.8 cm³/mol. The van der Waals surface area contributed by atoms with Crippen LogP contribution in [0.1, 0.15) is 32.3 Å². The van der Waals surface area contributed by atoms with E-state index in [1.54, 1.807) is 0 Å². The molecular weight excluding hydrogens is 252 g/mol. The highest BCUT2D eigenvalue weighted by Gasteiger charge is 2.29. The van der Waals surface area contributed by atoms with Gasteiger partial charge < -0.3 is 15.4 Å². The number of alkyl carbamates (subject to hydrolysis) is 1. The lowest BCUT2D eigenvalue weighted by molar-refractivity contribution is 0.119. The molecule has 0 radical (unpaired) electrons. The lowest BCUT2D eigenvalue weighted by Crippen LogP contribution is -2.41. The van der Waals surface area contributed by atoms with Crippen molar-refractivity contribution in [3.05, 3.63) is 35.9 Å². The van der Waals surface area contributed by atoms with Gasteiger partial charge in [-0.15, -0.1) is 0 Å². The second-order valence-electron chi connectivity index (χ2n) is 6.41. The van der Waals surface area contributed by atoms with E-state index < -0.39 is 0 Å². The molecule has 2 unspecified atom stereocenters. The van der Waals surface area contributed by atoms with Crippen LogP contribution >= 0.6 is 0 Å². The molecule has 0 bridgehead atoms. The Morgan fingerprint density at radius 3 is 2.65 bits per heavy atom. The number of rotatable bonds is 3. The molecule has 1 aliphatic rings. The highest BCUT2D eigenvalue weighted by Crippen LogP contribution is 2.28. The second kappa shape index (κ2) is 6.27. The van der Waals surface area contributed by atoms with Crippen molar-refractivity contribution in [1.29, 1.82) is 0 Å². The highest BCUT2D eigenvalue weighted by atomic mass is 16.5. The first-order chi connectivity index (χ1) is 9.46. The first kappa shape index (κ1) is 14.9. The number of hydrogen-bond donors (Lipinski definition) is 2. The molecule has 1 aliphatic heterocycles. The molecule has 1 saturated heterocycles. The molecule has 0 spiro atoms. The molecular formula is C16H24N2O2. The number of carbonyl (C=O) groups excluding carboxylic acids is 1. The maximum atomic E-state index is 11.7. The normalized spacial score (nSPS) is 22.6. The molecule has 2 N–H and O–H groups in total. The van der Waals surface area contributed by atoms with Crippen LogP contribution in [-0.2, 0) is 4.74 Å². The summed E-state index contributed by atoms with van der Waals surface area (Å²) in [5.74, 6) is 0.752. The van der Waals surface area contributed by atoms with Crippen molar-refractivity contribution < 1.29 is 9.53 Å². The fraction of sp³-hybridized carbons (Fsp3) is 0.562. The first-order valence-electron chi connectivity index (χ1n) is 7.16. The monoisotopic (exact) mass is 276 g/mol. The van der Waals surface area contributed by atoms with Crippen molar-refractivity contribution in [2.75, 3.05) is 19.7 Å². The largest absolute Gasteiger partial charge is 0.449 e. The third kappa shape index (κ3) is 4.23. The summed E-state index contributed by atoms with van der Waals surface area (Å²) in [7, 11) is 0. The highest BCUT2D eigenvalue weighted by molar-refractivity contribution is 5.68. The van der Waals surface area contributed by atoms with E-state index in [9.17, 15) is 4.79 Å². The third-order valence-electron chi connectivity index (χ3n) is 3.47. The van der Waals surface area contributed by atoms with Crippen LogP contribution in [0.2, 0.25) is 0 Å². The smallest absolute Gasteiger partial charge is 0.407 e. The topological polar surface area (TPSA) is 50.4 Å². The molecule has 4 heteroatoms. The number of hydrogen-bond acceptors (Lipinski definition) is 3. The number of nitrogens with one attached hydrogen (secondary N) is 2. The summed E-state index contributed by atoms with van der Waals surface area (Å²) in [5, 5.41) is 6.20. The van der Waals surface area contributed by atoms with Gasteiger partial charge in [-0.3, -0.25) is 0 Å². The van der Waals surface area contributed by atoms with Gasteiger partial charge in [-0.05, 0) is 26.3 Å². The molecule has 1 heterocycles. The number of ether oxygens (including phenoxy) is 1. The van der Waals surface area contributed by atoms with E-state index in [1.165, 1.54) is 5.56 Å². The number of benzene rings is 1. The Hall–Kier alpha value is -1.55. The summed E-state index contributed by atoms with van der Waals surface area (Å²) < 4.78 is 5.36. The molecule has 1 fully saturated rings. The Morgan fingerprint density at radius 1 is 1.30 bits per heavy atom. The van der Waals surface area contributed by atoms with Crippen LogP contribution < -0.4 is 10.6 Å². The second-order valence-corrected chi connectivity index (χ2v) is 6.41. The lowest BCUT2D eigenvalue weighted by atomic mass is 9.89. The summed E-state index contributed by atoms with van der Waals surface area (Å²) in [6.45, 7) is 8.12. The molecule has 20 heavy (non-hydrogen) atoms. The predicted octanol–water partition coefficient (Wildman–Crippen LogP) is 2.51. The SMILES string of the molecule is CC(C)(C)NC(=O)OCC1CNCC1c1ccccc1. The van der Waals surface area contributed by atoms with Gasteiger partial charge in [0.05, 0.1) is 6.61 Å². The Morgan fingerprint density at radius 2 is 2.00 bits per heavy atom. The van der Waals surface area contributed by atoms with Crippen molar-refractivity contribution >= 4 is 6.09 Å². The molecule has 1 aromatic rings. The molecule has 0 aromatic heterocycles. The Labute approximate surface area is 120 Å². The van der Waals surface area contributed by atoms with Gasteiger partial charge in [-0.2, -0.15) is 0 Å². The van der Waals surface area contributed by atoms with Crippen LogP contribution in [0.15, 0.2) is 30.3 Å². The Kier molecular flexibility index (Phi) is 4.65. The molecule has 0 saturated carbocycles. The van der Waals surface area contributed by atoms with Gasteiger partial charge in [0.15, 0.2) is 0 Å². The molecule has 2 rings (SSSR count). The Bertz CT molecular complexity index is 440. The van der Waals surface area contributed by atoms with Gasteiger partial charge in [0.1, 0.15) is 0 Å². The van der Waals surface area contributed by atoms with Crippen LogP contribution in [0.4, 0.5) is 4.79 Å². The quantitative estimate of drug-likeness (QED) is 0.892. The van der Waals surface area contributed by atoms with E-state index in [2.05, 4.69) is 34.9 Å². The van der Waals surface area contributed by atoms with Crippen molar-refractivity contribution in [2.45, 2.75) is 32.2 Å². The van der Waals surface area contributed by atoms with Gasteiger partial charge in [-0.1, -0.05) is 30.3 Å². The minimum Gasteiger partial charge on any atom is -0.449 e. The molecule has 1 amide bonds. The van der Waals surface area contributed by atoms with Gasteiger partial charge in [0, 0.05) is 30.5 Å². The van der Waals surface area contributed by atoms with E-state index in [0.717, 1.165) is 13.1 Å². The van der Waals surface area contributed by atoms with Crippen LogP contribution in [0.3, 0.4) is 0 Å². The van der Waals surface area contributed by atoms with Gasteiger partial charge >= 0.3 is 6.09 Å². The summed E-state index contributed by atoms with van der Waals surface area (Å²) in [6, 6.07) is 10.4. The maximum absolute atomic E-state index is 11.7. The van der Waals surface area contributed by atoms with Crippen molar-refractivity contribution in [2.24, 2.45) is 5.92 Å². The zero-order valence-electron chi connectivity index (χ0n) is 12.5. The van der Waals surface area contributed by atoms with E-state index in [1.807, 2.05) is 26.8 Å². The maximum Gasteiger partial charge on any atom is 0.407 e. The summed E-state index contributed by atoms with van der Waals surface area (Å²) in [6.07, 6.45) is -0.337. The summed E-state index contributed by atoms with van der Waals surface area (Å²) in [4.78, 5) is 11.7. The van der Waals surface area contributed by atoms with E-state index >= 15 is 0 Å². The standard InChI is InChI=1S/C16H24N2O2/c1-16(2,3)18-15(19)20-11-13-9-17-10-14(13)12-7-5-4-6-8-12/h4-8,13-14,17H,9-11H2,1-3H3,(H,18,19). The van der Waals surface area contributed by atoms with Crippen molar-refractivity contribution in [3.8, 4) is 0 Å². The molecule has 110 valence electrons. The van der Waals surface area contributed by atoms with Gasteiger partial charge in [0.25, 0.3) is 0 Å². The minimum atomic E-state index is -0.337. The average Bonchev–Trinajstić information content (AvgIpc) is 2.83. The molecule has 4 nitrogen and oxygen atoms in total. The van der Waals surface area contributed by atoms with E-state index in [0.29, 0.717) is 18.4 Å². The average molecular weight is 276 g/mol. The van der Waals surface area contributed by atoms with E-state index in [-0.39, 0.29) is 11.6 Å². The van der Waals surface area contributed by atoms with Crippen LogP contribution in [0.25, 0.3) is 0 Å². The number of carbonyl (C=O) groups is 1. The van der Waals surface area contributed by atoms with E-state index in [4.69, 9.17) is 4.74 Å². The minimum absolute atomic E-state index is 0.260. The first-order valence-corrected chi connectivity index (χ1v) is 7.16. The summed E-state index contributed by atoms with van der Waals surface area (Å²) >= 11 is 0. The van der Waals surface area contributed by atoms with Crippen LogP contribution in [-0.4, -0.2) is 31.3 Å². The zero-order chi connectivity index (χ0) is 14.6. The molecule has 1 aromatic carbocycles. The van der Waals surface area contributed by atoms with Crippen LogP contribution in [0.5, 0.6) is 0 Å². The molecule has 0 aliphatic carbocycles. The third-order valence-corrected chi connectivity index (χ3v) is 3.47.